The molecule has 164 valence electrons. The minimum atomic E-state index is -0.967. The van der Waals surface area contributed by atoms with Crippen molar-refractivity contribution >= 4 is 11.6 Å². The molecule has 4 aromatic rings. The van der Waals surface area contributed by atoms with Crippen molar-refractivity contribution < 1.29 is 18.0 Å². The predicted octanol–water partition coefficient (Wildman–Crippen LogP) is 4.36. The van der Waals surface area contributed by atoms with Gasteiger partial charge in [-0.05, 0) is 12.8 Å². The zero-order chi connectivity index (χ0) is 22.1. The van der Waals surface area contributed by atoms with Gasteiger partial charge in [-0.15, -0.1) is 0 Å². The summed E-state index contributed by atoms with van der Waals surface area (Å²) in [7, 11) is 0. The summed E-state index contributed by atoms with van der Waals surface area (Å²) in [5.41, 5.74) is 1.09. The zero-order valence-electron chi connectivity index (χ0n) is 16.9. The number of oxazole rings is 1. The molecular formula is C21H19F2N7O2. The largest absolute Gasteiger partial charge is 0.444 e. The van der Waals surface area contributed by atoms with E-state index in [9.17, 15) is 13.6 Å². The Morgan fingerprint density at radius 2 is 2.03 bits per heavy atom. The van der Waals surface area contributed by atoms with Crippen LogP contribution in [-0.2, 0) is 0 Å². The quantitative estimate of drug-likeness (QED) is 0.447. The highest BCUT2D eigenvalue weighted by Crippen LogP contribution is 2.33. The number of aromatic nitrogens is 6. The van der Waals surface area contributed by atoms with Crippen LogP contribution >= 0.6 is 0 Å². The molecule has 4 heterocycles. The van der Waals surface area contributed by atoms with Gasteiger partial charge in [0.2, 0.25) is 11.8 Å². The van der Waals surface area contributed by atoms with Crippen molar-refractivity contribution in [2.75, 3.05) is 5.32 Å². The summed E-state index contributed by atoms with van der Waals surface area (Å²) in [6.45, 7) is 0. The molecule has 4 aromatic heterocycles. The molecule has 1 aliphatic carbocycles. The van der Waals surface area contributed by atoms with E-state index in [4.69, 9.17) is 4.42 Å². The lowest BCUT2D eigenvalue weighted by Crippen LogP contribution is -2.14. The molecule has 0 atom stereocenters. The number of carbonyl (C=O) groups excluding carboxylic acids is 1. The van der Waals surface area contributed by atoms with Crippen LogP contribution in [0.15, 0.2) is 41.4 Å². The van der Waals surface area contributed by atoms with E-state index in [0.29, 0.717) is 11.6 Å². The Labute approximate surface area is 180 Å². The Balaban J connectivity index is 1.47. The van der Waals surface area contributed by atoms with Gasteiger partial charge >= 0.3 is 0 Å². The molecule has 0 spiro atoms. The molecule has 0 saturated heterocycles. The van der Waals surface area contributed by atoms with Gasteiger partial charge in [0.1, 0.15) is 17.8 Å². The highest BCUT2D eigenvalue weighted by molar-refractivity contribution is 6.04. The van der Waals surface area contributed by atoms with Gasteiger partial charge < -0.3 is 9.73 Å². The lowest BCUT2D eigenvalue weighted by molar-refractivity contribution is 0.102. The highest BCUT2D eigenvalue weighted by atomic mass is 19.1. The second-order valence-corrected chi connectivity index (χ2v) is 7.64. The Kier molecular flexibility index (Phi) is 5.21. The van der Waals surface area contributed by atoms with Gasteiger partial charge in [-0.25, -0.2) is 14.4 Å². The van der Waals surface area contributed by atoms with Crippen molar-refractivity contribution in [2.24, 2.45) is 0 Å². The molecule has 5 rings (SSSR count). The summed E-state index contributed by atoms with van der Waals surface area (Å²) in [5, 5.41) is 13.7. The first-order chi connectivity index (χ1) is 15.6. The Morgan fingerprint density at radius 3 is 2.78 bits per heavy atom. The number of H-pyrrole nitrogens is 1. The van der Waals surface area contributed by atoms with Crippen molar-refractivity contribution in [3.05, 3.63) is 54.4 Å². The summed E-state index contributed by atoms with van der Waals surface area (Å²) in [6.07, 6.45) is 11.2. The molecule has 32 heavy (non-hydrogen) atoms. The number of hydrogen-bond acceptors (Lipinski definition) is 6. The standard InChI is InChI=1S/C21H19F2N7O2/c22-13-6-15(26-18(23)7-13)19-16(10-30(29-19)14-4-2-1-3-5-14)27-20(31)17-11-32-21(28-17)12-8-24-25-9-12/h6-11,14H,1-5H2,(H,24,25)(H,27,31). The third-order valence-electron chi connectivity index (χ3n) is 5.41. The fourth-order valence-electron chi connectivity index (χ4n) is 3.86. The summed E-state index contributed by atoms with van der Waals surface area (Å²) < 4.78 is 34.7. The normalized spacial score (nSPS) is 14.6. The molecule has 9 nitrogen and oxygen atoms in total. The van der Waals surface area contributed by atoms with Crippen LogP contribution in [0.3, 0.4) is 0 Å². The number of nitrogens with zero attached hydrogens (tertiary/aromatic N) is 5. The predicted molar refractivity (Wildman–Crippen MR) is 110 cm³/mol. The van der Waals surface area contributed by atoms with Crippen molar-refractivity contribution in [2.45, 2.75) is 38.1 Å². The number of rotatable bonds is 5. The van der Waals surface area contributed by atoms with E-state index < -0.39 is 17.7 Å². The first-order valence-corrected chi connectivity index (χ1v) is 10.3. The number of nitrogens with one attached hydrogen (secondary N) is 2. The van der Waals surface area contributed by atoms with E-state index in [1.807, 2.05) is 0 Å². The topological polar surface area (TPSA) is 115 Å². The van der Waals surface area contributed by atoms with Crippen molar-refractivity contribution in [3.8, 4) is 22.8 Å². The van der Waals surface area contributed by atoms with E-state index >= 15 is 0 Å². The van der Waals surface area contributed by atoms with E-state index in [0.717, 1.165) is 38.2 Å². The van der Waals surface area contributed by atoms with Crippen LogP contribution in [-0.4, -0.2) is 35.9 Å². The van der Waals surface area contributed by atoms with Crippen LogP contribution in [0.4, 0.5) is 14.5 Å². The average Bonchev–Trinajstić information content (AvgIpc) is 3.54. The molecule has 2 N–H and O–H groups in total. The van der Waals surface area contributed by atoms with E-state index in [-0.39, 0.29) is 34.7 Å². The summed E-state index contributed by atoms with van der Waals surface area (Å²) >= 11 is 0. The molecule has 0 aromatic carbocycles. The fraction of sp³-hybridized carbons (Fsp3) is 0.286. The maximum Gasteiger partial charge on any atom is 0.277 e. The minimum Gasteiger partial charge on any atom is -0.444 e. The Bertz CT molecular complexity index is 1220. The summed E-state index contributed by atoms with van der Waals surface area (Å²) in [6, 6.07) is 1.91. The highest BCUT2D eigenvalue weighted by Gasteiger charge is 2.23. The minimum absolute atomic E-state index is 0.00778. The third kappa shape index (κ3) is 4.01. The van der Waals surface area contributed by atoms with E-state index in [1.165, 1.54) is 12.5 Å². The number of anilines is 1. The molecule has 0 unspecified atom stereocenters. The van der Waals surface area contributed by atoms with Crippen molar-refractivity contribution in [1.82, 2.24) is 29.9 Å². The Morgan fingerprint density at radius 1 is 1.19 bits per heavy atom. The molecule has 0 bridgehead atoms. The number of carbonyl (C=O) groups is 1. The van der Waals surface area contributed by atoms with Gasteiger partial charge in [0, 0.05) is 24.5 Å². The van der Waals surface area contributed by atoms with Gasteiger partial charge in [0.05, 0.1) is 29.2 Å². The lowest BCUT2D eigenvalue weighted by Gasteiger charge is -2.21. The maximum atomic E-state index is 13.8. The Hall–Kier alpha value is -3.89. The second kappa shape index (κ2) is 8.33. The first kappa shape index (κ1) is 20.0. The maximum absolute atomic E-state index is 13.8. The van der Waals surface area contributed by atoms with E-state index in [1.54, 1.807) is 17.1 Å². The summed E-state index contributed by atoms with van der Waals surface area (Å²) in [5.74, 6) is -2.07. The van der Waals surface area contributed by atoms with Crippen molar-refractivity contribution in [1.29, 1.82) is 0 Å². The van der Waals surface area contributed by atoms with Gasteiger partial charge in [0.25, 0.3) is 5.91 Å². The van der Waals surface area contributed by atoms with Crippen molar-refractivity contribution in [3.63, 3.8) is 0 Å². The molecule has 0 aliphatic heterocycles. The molecule has 11 heteroatoms. The molecule has 1 saturated carbocycles. The van der Waals surface area contributed by atoms with Gasteiger partial charge in [-0.2, -0.15) is 14.6 Å². The monoisotopic (exact) mass is 439 g/mol. The third-order valence-corrected chi connectivity index (χ3v) is 5.41. The van der Waals surface area contributed by atoms with E-state index in [2.05, 4.69) is 30.6 Å². The number of pyridine rings is 1. The van der Waals surface area contributed by atoms with Crippen LogP contribution in [0.2, 0.25) is 0 Å². The van der Waals surface area contributed by atoms with Crippen LogP contribution in [0, 0.1) is 11.8 Å². The van der Waals surface area contributed by atoms with Gasteiger partial charge in [-0.1, -0.05) is 19.3 Å². The molecule has 1 aliphatic rings. The SMILES string of the molecule is O=C(Nc1cn(C2CCCCC2)nc1-c1cc(F)cc(F)n1)c1coc(-c2cn[nH]c2)n1. The second-order valence-electron chi connectivity index (χ2n) is 7.64. The first-order valence-electron chi connectivity index (χ1n) is 10.3. The molecule has 1 amide bonds. The van der Waals surface area contributed by atoms with Gasteiger partial charge in [-0.3, -0.25) is 14.6 Å². The number of aromatic amines is 1. The fourth-order valence-corrected chi connectivity index (χ4v) is 3.86. The summed E-state index contributed by atoms with van der Waals surface area (Å²) in [4.78, 5) is 20.8. The smallest absolute Gasteiger partial charge is 0.277 e. The average molecular weight is 439 g/mol. The number of amides is 1. The van der Waals surface area contributed by atoms with Crippen LogP contribution in [0.5, 0.6) is 0 Å². The van der Waals surface area contributed by atoms with Gasteiger partial charge in [0.15, 0.2) is 5.69 Å². The molecule has 0 radical (unpaired) electrons. The van der Waals surface area contributed by atoms with Crippen LogP contribution in [0.1, 0.15) is 48.6 Å². The molecular weight excluding hydrogens is 420 g/mol. The number of halogens is 2. The lowest BCUT2D eigenvalue weighted by atomic mass is 9.96. The zero-order valence-corrected chi connectivity index (χ0v) is 16.9. The number of hydrogen-bond donors (Lipinski definition) is 2. The van der Waals surface area contributed by atoms with Crippen LogP contribution in [0.25, 0.3) is 22.8 Å². The van der Waals surface area contributed by atoms with Crippen LogP contribution < -0.4 is 5.32 Å². The molecule has 1 fully saturated rings.